The maximum Gasteiger partial charge on any atom is 0.416 e. The van der Waals surface area contributed by atoms with Crippen molar-refractivity contribution in [1.29, 1.82) is 0 Å². The summed E-state index contributed by atoms with van der Waals surface area (Å²) in [7, 11) is 0. The van der Waals surface area contributed by atoms with Crippen LogP contribution in [0, 0.1) is 11.7 Å². The van der Waals surface area contributed by atoms with E-state index in [9.17, 15) is 17.6 Å². The first-order valence-electron chi connectivity index (χ1n) is 6.72. The van der Waals surface area contributed by atoms with Gasteiger partial charge in [0, 0.05) is 12.6 Å². The van der Waals surface area contributed by atoms with E-state index in [0.717, 1.165) is 12.5 Å². The van der Waals surface area contributed by atoms with Crippen LogP contribution in [0.1, 0.15) is 36.4 Å². The first-order chi connectivity index (χ1) is 9.41. The van der Waals surface area contributed by atoms with Gasteiger partial charge in [0.1, 0.15) is 5.82 Å². The minimum absolute atomic E-state index is 0.0113. The standard InChI is InChI=1S/C14H18F4N2/c15-10-3-4-11(12(7-10)14(16,17)18)13(8-19)20-6-5-9-1-2-9/h3-4,7,9,13,20H,1-2,5-6,8,19H2. The van der Waals surface area contributed by atoms with E-state index in [-0.39, 0.29) is 12.1 Å². The van der Waals surface area contributed by atoms with Gasteiger partial charge in [0.15, 0.2) is 0 Å². The van der Waals surface area contributed by atoms with E-state index in [1.54, 1.807) is 0 Å². The predicted molar refractivity (Wildman–Crippen MR) is 68.5 cm³/mol. The molecule has 0 aliphatic heterocycles. The number of alkyl halides is 3. The molecule has 3 N–H and O–H groups in total. The van der Waals surface area contributed by atoms with Crippen molar-refractivity contribution < 1.29 is 17.6 Å². The summed E-state index contributed by atoms with van der Waals surface area (Å²) in [4.78, 5) is 0. The molecular formula is C14H18F4N2. The highest BCUT2D eigenvalue weighted by molar-refractivity contribution is 5.33. The largest absolute Gasteiger partial charge is 0.416 e. The molecule has 0 radical (unpaired) electrons. The van der Waals surface area contributed by atoms with Crippen molar-refractivity contribution in [2.24, 2.45) is 11.7 Å². The fraction of sp³-hybridized carbons (Fsp3) is 0.571. The summed E-state index contributed by atoms with van der Waals surface area (Å²) in [6.45, 7) is 0.667. The molecule has 1 aliphatic carbocycles. The highest BCUT2D eigenvalue weighted by Crippen LogP contribution is 2.35. The number of halogens is 4. The Morgan fingerprint density at radius 3 is 2.55 bits per heavy atom. The quantitative estimate of drug-likeness (QED) is 0.789. The van der Waals surface area contributed by atoms with E-state index in [1.807, 2.05) is 0 Å². The topological polar surface area (TPSA) is 38.0 Å². The van der Waals surface area contributed by atoms with Gasteiger partial charge in [0.25, 0.3) is 0 Å². The van der Waals surface area contributed by atoms with E-state index >= 15 is 0 Å². The second-order valence-electron chi connectivity index (χ2n) is 5.20. The Balaban J connectivity index is 2.14. The molecular weight excluding hydrogens is 272 g/mol. The van der Waals surface area contributed by atoms with Gasteiger partial charge < -0.3 is 11.1 Å². The highest BCUT2D eigenvalue weighted by atomic mass is 19.4. The zero-order chi connectivity index (χ0) is 14.8. The number of nitrogens with two attached hydrogens (primary N) is 1. The molecule has 1 aliphatic rings. The lowest BCUT2D eigenvalue weighted by atomic mass is 9.99. The van der Waals surface area contributed by atoms with E-state index < -0.39 is 23.6 Å². The zero-order valence-electron chi connectivity index (χ0n) is 11.0. The van der Waals surface area contributed by atoms with Gasteiger partial charge in [-0.3, -0.25) is 0 Å². The third-order valence-electron chi connectivity index (χ3n) is 3.57. The molecule has 0 spiro atoms. The first-order valence-corrected chi connectivity index (χ1v) is 6.72. The van der Waals surface area contributed by atoms with Crippen molar-refractivity contribution in [3.05, 3.63) is 35.1 Å². The molecule has 2 rings (SSSR count). The number of benzene rings is 1. The molecule has 0 heterocycles. The molecule has 0 saturated heterocycles. The number of hydrogen-bond acceptors (Lipinski definition) is 2. The monoisotopic (exact) mass is 290 g/mol. The Labute approximate surface area is 115 Å². The molecule has 2 nitrogen and oxygen atoms in total. The SMILES string of the molecule is NCC(NCCC1CC1)c1ccc(F)cc1C(F)(F)F. The van der Waals surface area contributed by atoms with Gasteiger partial charge in [0.2, 0.25) is 0 Å². The Kier molecular flexibility index (Phi) is 4.65. The fourth-order valence-corrected chi connectivity index (χ4v) is 2.27. The lowest BCUT2D eigenvalue weighted by Gasteiger charge is -2.22. The maximum atomic E-state index is 13.1. The van der Waals surface area contributed by atoms with Gasteiger partial charge >= 0.3 is 6.18 Å². The van der Waals surface area contributed by atoms with Crippen LogP contribution in [-0.4, -0.2) is 13.1 Å². The molecule has 1 unspecified atom stereocenters. The Bertz CT molecular complexity index is 455. The molecule has 0 amide bonds. The number of rotatable bonds is 6. The number of nitrogens with one attached hydrogen (secondary N) is 1. The Hall–Kier alpha value is -1.14. The summed E-state index contributed by atoms with van der Waals surface area (Å²) in [6, 6.07) is 2.13. The summed E-state index contributed by atoms with van der Waals surface area (Å²) in [6.07, 6.45) is -1.25. The van der Waals surface area contributed by atoms with Crippen LogP contribution in [0.3, 0.4) is 0 Å². The van der Waals surface area contributed by atoms with E-state index in [2.05, 4.69) is 5.32 Å². The predicted octanol–water partition coefficient (Wildman–Crippen LogP) is 3.23. The summed E-state index contributed by atoms with van der Waals surface area (Å²) < 4.78 is 51.9. The van der Waals surface area contributed by atoms with Crippen LogP contribution in [0.2, 0.25) is 0 Å². The maximum absolute atomic E-state index is 13.1. The van der Waals surface area contributed by atoms with Gasteiger partial charge in [-0.2, -0.15) is 13.2 Å². The highest BCUT2D eigenvalue weighted by Gasteiger charge is 2.35. The van der Waals surface area contributed by atoms with Crippen LogP contribution in [0.15, 0.2) is 18.2 Å². The lowest BCUT2D eigenvalue weighted by Crippen LogP contribution is -2.31. The van der Waals surface area contributed by atoms with Crippen LogP contribution < -0.4 is 11.1 Å². The van der Waals surface area contributed by atoms with Gasteiger partial charge in [0.05, 0.1) is 5.56 Å². The van der Waals surface area contributed by atoms with Gasteiger partial charge in [-0.1, -0.05) is 18.9 Å². The molecule has 1 atom stereocenters. The molecule has 112 valence electrons. The fourth-order valence-electron chi connectivity index (χ4n) is 2.27. The first kappa shape index (κ1) is 15.3. The summed E-state index contributed by atoms with van der Waals surface area (Å²) in [5.74, 6) is -0.203. The van der Waals surface area contributed by atoms with Crippen molar-refractivity contribution in [1.82, 2.24) is 5.32 Å². The molecule has 20 heavy (non-hydrogen) atoms. The summed E-state index contributed by atoms with van der Waals surface area (Å²) in [5, 5.41) is 3.04. The normalized spacial score (nSPS) is 17.2. The van der Waals surface area contributed by atoms with Crippen LogP contribution in [0.25, 0.3) is 0 Å². The van der Waals surface area contributed by atoms with Crippen LogP contribution in [0.5, 0.6) is 0 Å². The lowest BCUT2D eigenvalue weighted by molar-refractivity contribution is -0.138. The average molecular weight is 290 g/mol. The number of hydrogen-bond donors (Lipinski definition) is 2. The Morgan fingerprint density at radius 2 is 2.00 bits per heavy atom. The second-order valence-corrected chi connectivity index (χ2v) is 5.20. The smallest absolute Gasteiger partial charge is 0.329 e. The van der Waals surface area contributed by atoms with Gasteiger partial charge in [-0.05, 0) is 36.6 Å². The minimum atomic E-state index is -4.58. The van der Waals surface area contributed by atoms with Gasteiger partial charge in [-0.25, -0.2) is 4.39 Å². The summed E-state index contributed by atoms with van der Waals surface area (Å²) in [5.41, 5.74) is 4.62. The van der Waals surface area contributed by atoms with Crippen LogP contribution in [-0.2, 0) is 6.18 Å². The van der Waals surface area contributed by atoms with Crippen molar-refractivity contribution in [2.75, 3.05) is 13.1 Å². The Morgan fingerprint density at radius 1 is 1.30 bits per heavy atom. The van der Waals surface area contributed by atoms with E-state index in [4.69, 9.17) is 5.73 Å². The average Bonchev–Trinajstić information content (AvgIpc) is 3.18. The van der Waals surface area contributed by atoms with Crippen LogP contribution >= 0.6 is 0 Å². The van der Waals surface area contributed by atoms with Gasteiger partial charge in [-0.15, -0.1) is 0 Å². The molecule has 6 heteroatoms. The van der Waals surface area contributed by atoms with E-state index in [1.165, 1.54) is 18.9 Å². The van der Waals surface area contributed by atoms with Crippen molar-refractivity contribution >= 4 is 0 Å². The van der Waals surface area contributed by atoms with Crippen LogP contribution in [0.4, 0.5) is 17.6 Å². The molecule has 1 saturated carbocycles. The van der Waals surface area contributed by atoms with E-state index in [0.29, 0.717) is 18.5 Å². The molecule has 0 aromatic heterocycles. The van der Waals surface area contributed by atoms with Crippen molar-refractivity contribution in [3.8, 4) is 0 Å². The third kappa shape index (κ3) is 3.93. The van der Waals surface area contributed by atoms with Crippen molar-refractivity contribution in [2.45, 2.75) is 31.5 Å². The second kappa shape index (κ2) is 6.10. The zero-order valence-corrected chi connectivity index (χ0v) is 11.0. The van der Waals surface area contributed by atoms with Crippen molar-refractivity contribution in [3.63, 3.8) is 0 Å². The molecule has 1 aromatic rings. The summed E-state index contributed by atoms with van der Waals surface area (Å²) >= 11 is 0. The molecule has 1 aromatic carbocycles. The molecule has 0 bridgehead atoms. The third-order valence-corrected chi connectivity index (χ3v) is 3.57. The molecule has 1 fully saturated rings. The minimum Gasteiger partial charge on any atom is -0.329 e.